The first kappa shape index (κ1) is 16.2. The van der Waals surface area contributed by atoms with E-state index in [0.29, 0.717) is 16.8 Å². The molecule has 2 aromatic heterocycles. The fraction of sp³-hybridized carbons (Fsp3) is 0.250. The molecular weight excluding hydrogens is 363 g/mol. The molecule has 0 aliphatic heterocycles. The van der Waals surface area contributed by atoms with Gasteiger partial charge in [0.2, 0.25) is 5.13 Å². The Bertz CT molecular complexity index is 890. The van der Waals surface area contributed by atoms with Crippen LogP contribution in [0.2, 0.25) is 0 Å². The summed E-state index contributed by atoms with van der Waals surface area (Å²) in [5.74, 6) is 1.20. The van der Waals surface area contributed by atoms with Gasteiger partial charge in [-0.1, -0.05) is 40.4 Å². The molecule has 1 saturated carbocycles. The zero-order valence-electron chi connectivity index (χ0n) is 12.9. The van der Waals surface area contributed by atoms with Crippen LogP contribution in [0.5, 0.6) is 0 Å². The van der Waals surface area contributed by atoms with E-state index in [9.17, 15) is 9.18 Å². The first-order chi connectivity index (χ1) is 12.2. The second kappa shape index (κ2) is 6.93. The molecule has 1 aromatic carbocycles. The highest BCUT2D eigenvalue weighted by molar-refractivity contribution is 8.00. The summed E-state index contributed by atoms with van der Waals surface area (Å²) in [5.41, 5.74) is 1.24. The lowest BCUT2D eigenvalue weighted by molar-refractivity contribution is 0.101. The smallest absolute Gasteiger partial charge is 0.279 e. The highest BCUT2D eigenvalue weighted by atomic mass is 32.2. The van der Waals surface area contributed by atoms with Crippen LogP contribution in [0.1, 0.15) is 40.6 Å². The average molecular weight is 376 g/mol. The first-order valence-electron chi connectivity index (χ1n) is 7.66. The average Bonchev–Trinajstić information content (AvgIpc) is 3.17. The third-order valence-corrected chi connectivity index (χ3v) is 5.69. The number of halogens is 1. The Hall–Kier alpha value is -2.26. The van der Waals surface area contributed by atoms with Crippen LogP contribution >= 0.6 is 23.1 Å². The molecule has 0 radical (unpaired) electrons. The van der Waals surface area contributed by atoms with E-state index in [4.69, 9.17) is 4.52 Å². The minimum Gasteiger partial charge on any atom is -0.360 e. The second-order valence-corrected chi connectivity index (χ2v) is 7.83. The van der Waals surface area contributed by atoms with Crippen LogP contribution in [-0.4, -0.2) is 21.3 Å². The second-order valence-electron chi connectivity index (χ2n) is 5.63. The Labute approximate surface area is 150 Å². The number of anilines is 1. The van der Waals surface area contributed by atoms with E-state index in [0.717, 1.165) is 28.5 Å². The molecule has 6 nitrogen and oxygen atoms in total. The van der Waals surface area contributed by atoms with Crippen LogP contribution in [0.4, 0.5) is 9.52 Å². The van der Waals surface area contributed by atoms with Gasteiger partial charge < -0.3 is 4.52 Å². The van der Waals surface area contributed by atoms with E-state index in [1.807, 2.05) is 0 Å². The van der Waals surface area contributed by atoms with E-state index in [2.05, 4.69) is 20.7 Å². The van der Waals surface area contributed by atoms with Crippen molar-refractivity contribution in [1.82, 2.24) is 15.4 Å². The zero-order chi connectivity index (χ0) is 17.2. The van der Waals surface area contributed by atoms with Crippen molar-refractivity contribution in [2.45, 2.75) is 28.9 Å². The number of aromatic nitrogens is 3. The molecule has 1 aliphatic carbocycles. The van der Waals surface area contributed by atoms with Gasteiger partial charge in [-0.25, -0.2) is 4.39 Å². The summed E-state index contributed by atoms with van der Waals surface area (Å²) >= 11 is 2.76. The lowest BCUT2D eigenvalue weighted by Gasteiger charge is -1.98. The monoisotopic (exact) mass is 376 g/mol. The quantitative estimate of drug-likeness (QED) is 0.516. The van der Waals surface area contributed by atoms with Crippen molar-refractivity contribution >= 4 is 34.1 Å². The number of rotatable bonds is 6. The number of amides is 1. The van der Waals surface area contributed by atoms with Crippen molar-refractivity contribution in [3.05, 3.63) is 53.2 Å². The maximum absolute atomic E-state index is 12.9. The molecule has 1 N–H and O–H groups in total. The van der Waals surface area contributed by atoms with Crippen LogP contribution in [-0.2, 0) is 5.75 Å². The highest BCUT2D eigenvalue weighted by Gasteiger charge is 2.29. The normalized spacial score (nSPS) is 13.8. The molecule has 0 unspecified atom stereocenters. The van der Waals surface area contributed by atoms with Crippen LogP contribution in [0.15, 0.2) is 39.2 Å². The Morgan fingerprint density at radius 2 is 2.12 bits per heavy atom. The predicted octanol–water partition coefficient (Wildman–Crippen LogP) is 4.09. The number of hydrogen-bond donors (Lipinski definition) is 1. The summed E-state index contributed by atoms with van der Waals surface area (Å²) in [6, 6.07) is 7.99. The standard InChI is InChI=1S/C16H13FN4O2S2/c17-11-5-1-9(2-6-11)8-24-16-20-19-15(25-16)18-14(22)12-7-13(23-21-12)10-3-4-10/h1-2,5-7,10H,3-4,8H2,(H,18,19,22). The molecule has 0 spiro atoms. The predicted molar refractivity (Wildman–Crippen MR) is 92.3 cm³/mol. The fourth-order valence-electron chi connectivity index (χ4n) is 2.16. The SMILES string of the molecule is O=C(Nc1nnc(SCc2ccc(F)cc2)s1)c1cc(C2CC2)on1. The molecule has 25 heavy (non-hydrogen) atoms. The van der Waals surface area contributed by atoms with Gasteiger partial charge in [-0.2, -0.15) is 0 Å². The molecule has 2 heterocycles. The van der Waals surface area contributed by atoms with Crippen molar-refractivity contribution < 1.29 is 13.7 Å². The zero-order valence-corrected chi connectivity index (χ0v) is 14.6. The van der Waals surface area contributed by atoms with Crippen LogP contribution < -0.4 is 5.32 Å². The van der Waals surface area contributed by atoms with E-state index >= 15 is 0 Å². The first-order valence-corrected chi connectivity index (χ1v) is 9.46. The summed E-state index contributed by atoms with van der Waals surface area (Å²) in [7, 11) is 0. The van der Waals surface area contributed by atoms with E-state index < -0.39 is 0 Å². The summed E-state index contributed by atoms with van der Waals surface area (Å²) in [6.07, 6.45) is 2.17. The van der Waals surface area contributed by atoms with E-state index in [-0.39, 0.29) is 17.4 Å². The van der Waals surface area contributed by atoms with Crippen molar-refractivity contribution in [2.75, 3.05) is 5.32 Å². The Kier molecular flexibility index (Phi) is 4.50. The Morgan fingerprint density at radius 3 is 2.88 bits per heavy atom. The van der Waals surface area contributed by atoms with E-state index in [1.165, 1.54) is 35.2 Å². The van der Waals surface area contributed by atoms with Gasteiger partial charge in [0.15, 0.2) is 10.0 Å². The third-order valence-electron chi connectivity index (χ3n) is 3.64. The third kappa shape index (κ3) is 4.05. The van der Waals surface area contributed by atoms with Crippen molar-refractivity contribution in [3.63, 3.8) is 0 Å². The lowest BCUT2D eigenvalue weighted by atomic mass is 10.2. The molecule has 0 bridgehead atoms. The number of carbonyl (C=O) groups is 1. The molecule has 0 atom stereocenters. The van der Waals surface area contributed by atoms with Gasteiger partial charge >= 0.3 is 0 Å². The van der Waals surface area contributed by atoms with Crippen molar-refractivity contribution in [1.29, 1.82) is 0 Å². The number of nitrogens with one attached hydrogen (secondary N) is 1. The van der Waals surface area contributed by atoms with Crippen molar-refractivity contribution in [3.8, 4) is 0 Å². The number of nitrogens with zero attached hydrogens (tertiary/aromatic N) is 3. The highest BCUT2D eigenvalue weighted by Crippen LogP contribution is 2.40. The summed E-state index contributed by atoms with van der Waals surface area (Å²) in [5, 5.41) is 14.9. The number of hydrogen-bond acceptors (Lipinski definition) is 7. The maximum Gasteiger partial charge on any atom is 0.279 e. The fourth-order valence-corrected chi connectivity index (χ4v) is 3.86. The van der Waals surface area contributed by atoms with Gasteiger partial charge in [0.1, 0.15) is 11.6 Å². The summed E-state index contributed by atoms with van der Waals surface area (Å²) < 4.78 is 18.8. The molecule has 1 amide bonds. The van der Waals surface area contributed by atoms with Gasteiger partial charge in [0, 0.05) is 17.7 Å². The Morgan fingerprint density at radius 1 is 1.32 bits per heavy atom. The van der Waals surface area contributed by atoms with Crippen LogP contribution in [0.3, 0.4) is 0 Å². The Balaban J connectivity index is 1.33. The van der Waals surface area contributed by atoms with Gasteiger partial charge in [-0.15, -0.1) is 10.2 Å². The van der Waals surface area contributed by atoms with E-state index in [1.54, 1.807) is 18.2 Å². The summed E-state index contributed by atoms with van der Waals surface area (Å²) in [4.78, 5) is 12.2. The minimum atomic E-state index is -0.359. The van der Waals surface area contributed by atoms with Crippen LogP contribution in [0, 0.1) is 5.82 Å². The molecule has 0 saturated heterocycles. The minimum absolute atomic E-state index is 0.248. The molecule has 4 rings (SSSR count). The molecular formula is C16H13FN4O2S2. The van der Waals surface area contributed by atoms with Crippen LogP contribution in [0.25, 0.3) is 0 Å². The molecule has 3 aromatic rings. The lowest BCUT2D eigenvalue weighted by Crippen LogP contribution is -2.11. The molecule has 128 valence electrons. The number of thioether (sulfide) groups is 1. The van der Waals surface area contributed by atoms with Gasteiger partial charge in [0.25, 0.3) is 5.91 Å². The maximum atomic E-state index is 12.9. The number of benzene rings is 1. The van der Waals surface area contributed by atoms with Gasteiger partial charge in [0.05, 0.1) is 0 Å². The van der Waals surface area contributed by atoms with Crippen molar-refractivity contribution in [2.24, 2.45) is 0 Å². The molecule has 9 heteroatoms. The molecule has 1 aliphatic rings. The number of carbonyl (C=O) groups excluding carboxylic acids is 1. The molecule has 1 fully saturated rings. The largest absolute Gasteiger partial charge is 0.360 e. The van der Waals surface area contributed by atoms with Gasteiger partial charge in [-0.3, -0.25) is 10.1 Å². The van der Waals surface area contributed by atoms with Gasteiger partial charge in [-0.05, 0) is 30.5 Å². The summed E-state index contributed by atoms with van der Waals surface area (Å²) in [6.45, 7) is 0. The topological polar surface area (TPSA) is 80.9 Å².